The summed E-state index contributed by atoms with van der Waals surface area (Å²) in [4.78, 5) is 44.5. The molecule has 0 saturated heterocycles. The lowest BCUT2D eigenvalue weighted by Gasteiger charge is -2.33. The van der Waals surface area contributed by atoms with Crippen LogP contribution in [0.15, 0.2) is 35.3 Å². The molecule has 2 aliphatic carbocycles. The van der Waals surface area contributed by atoms with Gasteiger partial charge in [0.15, 0.2) is 9.84 Å². The maximum atomic E-state index is 13.2. The minimum absolute atomic E-state index is 0.0525. The van der Waals surface area contributed by atoms with Crippen molar-refractivity contribution in [1.82, 2.24) is 19.8 Å². The van der Waals surface area contributed by atoms with Crippen LogP contribution in [0.5, 0.6) is 0 Å². The van der Waals surface area contributed by atoms with Crippen LogP contribution < -0.4 is 10.9 Å². The van der Waals surface area contributed by atoms with Crippen molar-refractivity contribution in [2.45, 2.75) is 55.2 Å². The summed E-state index contributed by atoms with van der Waals surface area (Å²) in [7, 11) is -3.59. The average Bonchev–Trinajstić information content (AvgIpc) is 3.76. The second kappa shape index (κ2) is 8.27. The number of pyridine rings is 2. The Balaban J connectivity index is 1.31. The van der Waals surface area contributed by atoms with Gasteiger partial charge in [0, 0.05) is 38.1 Å². The number of carbonyl (C=O) groups is 2. The number of nitrogens with one attached hydrogen (secondary N) is 1. The van der Waals surface area contributed by atoms with E-state index in [2.05, 4.69) is 10.3 Å². The number of amides is 2. The molecule has 2 saturated carbocycles. The molecule has 3 aliphatic rings. The molecule has 2 aromatic heterocycles. The largest absolute Gasteiger partial charge is 0.395 e. The van der Waals surface area contributed by atoms with E-state index in [0.717, 1.165) is 11.3 Å². The number of rotatable bonds is 8. The van der Waals surface area contributed by atoms with Gasteiger partial charge in [0.2, 0.25) is 0 Å². The summed E-state index contributed by atoms with van der Waals surface area (Å²) in [5, 5.41) is 12.4. The van der Waals surface area contributed by atoms with Crippen LogP contribution in [0.3, 0.4) is 0 Å². The van der Waals surface area contributed by atoms with Crippen molar-refractivity contribution in [3.63, 3.8) is 0 Å². The number of aryl methyl sites for hydroxylation is 1. The Bertz CT molecular complexity index is 1360. The van der Waals surface area contributed by atoms with E-state index in [4.69, 9.17) is 0 Å². The molecule has 0 bridgehead atoms. The Morgan fingerprint density at radius 2 is 1.80 bits per heavy atom. The lowest BCUT2D eigenvalue weighted by Crippen LogP contribution is -2.51. The number of aromatic nitrogens is 2. The standard InChI is InChI=1S/C24H28N4O6S/c1-16-2-3-17(12-25-16)13-26-20(30)18-4-5-19-22(32)27(10-11-28(19)21(18)31)14-23(6-7-23)35(33,34)24(15-29)8-9-24/h2-5,12,29H,6-11,13-15H2,1H3,(H,26,30). The molecule has 0 aromatic carbocycles. The van der Waals surface area contributed by atoms with Crippen LogP contribution >= 0.6 is 0 Å². The first-order valence-electron chi connectivity index (χ1n) is 11.7. The summed E-state index contributed by atoms with van der Waals surface area (Å²) in [6.45, 7) is 2.08. The molecule has 1 aliphatic heterocycles. The molecule has 2 N–H and O–H groups in total. The summed E-state index contributed by atoms with van der Waals surface area (Å²) in [6, 6.07) is 6.46. The van der Waals surface area contributed by atoms with Gasteiger partial charge in [0.25, 0.3) is 17.4 Å². The van der Waals surface area contributed by atoms with E-state index in [-0.39, 0.29) is 37.4 Å². The van der Waals surface area contributed by atoms with Gasteiger partial charge >= 0.3 is 0 Å². The molecular formula is C24H28N4O6S. The molecule has 3 heterocycles. The van der Waals surface area contributed by atoms with Gasteiger partial charge in [-0.25, -0.2) is 8.42 Å². The van der Waals surface area contributed by atoms with Gasteiger partial charge in [-0.1, -0.05) is 6.07 Å². The maximum Gasteiger partial charge on any atom is 0.270 e. The molecule has 0 atom stereocenters. The zero-order valence-corrected chi connectivity index (χ0v) is 20.3. The number of hydrogen-bond acceptors (Lipinski definition) is 7. The second-order valence-corrected chi connectivity index (χ2v) is 12.6. The monoisotopic (exact) mass is 500 g/mol. The zero-order valence-electron chi connectivity index (χ0n) is 19.5. The van der Waals surface area contributed by atoms with Gasteiger partial charge in [0.1, 0.15) is 11.3 Å². The van der Waals surface area contributed by atoms with Crippen LogP contribution in [-0.2, 0) is 22.9 Å². The van der Waals surface area contributed by atoms with Gasteiger partial charge in [-0.15, -0.1) is 0 Å². The molecule has 2 fully saturated rings. The van der Waals surface area contributed by atoms with Crippen LogP contribution in [0.1, 0.15) is 57.8 Å². The van der Waals surface area contributed by atoms with Gasteiger partial charge < -0.3 is 19.9 Å². The predicted molar refractivity (Wildman–Crippen MR) is 127 cm³/mol. The number of nitrogens with zero attached hydrogens (tertiary/aromatic N) is 3. The topological polar surface area (TPSA) is 139 Å². The molecule has 10 nitrogen and oxygen atoms in total. The molecule has 35 heavy (non-hydrogen) atoms. The third-order valence-electron chi connectivity index (χ3n) is 7.47. The SMILES string of the molecule is Cc1ccc(CNC(=O)c2ccc3n(c2=O)CCN(CC2(S(=O)(=O)C4(CO)CC4)CC2)C3=O)cn1. The Kier molecular flexibility index (Phi) is 5.59. The number of hydrogen-bond donors (Lipinski definition) is 2. The molecule has 11 heteroatoms. The fraction of sp³-hybridized carbons (Fsp3) is 0.500. The second-order valence-electron chi connectivity index (χ2n) is 9.83. The summed E-state index contributed by atoms with van der Waals surface area (Å²) < 4.78 is 25.6. The summed E-state index contributed by atoms with van der Waals surface area (Å²) in [5.41, 5.74) is 1.18. The first-order valence-corrected chi connectivity index (χ1v) is 13.2. The summed E-state index contributed by atoms with van der Waals surface area (Å²) in [6.07, 6.45) is 3.48. The highest BCUT2D eigenvalue weighted by Crippen LogP contribution is 2.56. The van der Waals surface area contributed by atoms with Gasteiger partial charge in [-0.2, -0.15) is 0 Å². The van der Waals surface area contributed by atoms with Gasteiger partial charge in [0.05, 0.1) is 16.1 Å². The van der Waals surface area contributed by atoms with E-state index >= 15 is 0 Å². The lowest BCUT2D eigenvalue weighted by atomic mass is 10.1. The number of aliphatic hydroxyl groups is 1. The Labute approximate surface area is 202 Å². The number of aliphatic hydroxyl groups excluding tert-OH is 1. The van der Waals surface area contributed by atoms with E-state index in [1.165, 1.54) is 21.6 Å². The number of carbonyl (C=O) groups excluding carboxylic acids is 2. The van der Waals surface area contributed by atoms with Crippen molar-refractivity contribution in [3.8, 4) is 0 Å². The van der Waals surface area contributed by atoms with Crippen molar-refractivity contribution in [2.24, 2.45) is 0 Å². The average molecular weight is 501 g/mol. The van der Waals surface area contributed by atoms with Gasteiger partial charge in [-0.05, 0) is 56.4 Å². The van der Waals surface area contributed by atoms with E-state index in [9.17, 15) is 27.9 Å². The van der Waals surface area contributed by atoms with Crippen molar-refractivity contribution in [2.75, 3.05) is 19.7 Å². The molecule has 0 spiro atoms. The highest BCUT2D eigenvalue weighted by molar-refractivity contribution is 7.94. The van der Waals surface area contributed by atoms with Crippen LogP contribution in [0, 0.1) is 6.92 Å². The van der Waals surface area contributed by atoms with E-state index in [1.54, 1.807) is 6.20 Å². The normalized spacial score (nSPS) is 19.7. The third kappa shape index (κ3) is 3.86. The van der Waals surface area contributed by atoms with E-state index in [0.29, 0.717) is 25.7 Å². The van der Waals surface area contributed by atoms with Crippen molar-refractivity contribution in [3.05, 3.63) is 63.3 Å². The maximum absolute atomic E-state index is 13.2. The first-order chi connectivity index (χ1) is 16.6. The summed E-state index contributed by atoms with van der Waals surface area (Å²) >= 11 is 0. The van der Waals surface area contributed by atoms with Crippen molar-refractivity contribution < 1.29 is 23.1 Å². The molecule has 0 radical (unpaired) electrons. The zero-order chi connectivity index (χ0) is 25.0. The van der Waals surface area contributed by atoms with E-state index in [1.807, 2.05) is 19.1 Å². The smallest absolute Gasteiger partial charge is 0.270 e. The van der Waals surface area contributed by atoms with Crippen LogP contribution in [0.2, 0.25) is 0 Å². The molecular weight excluding hydrogens is 472 g/mol. The minimum Gasteiger partial charge on any atom is -0.395 e. The highest BCUT2D eigenvalue weighted by atomic mass is 32.2. The number of sulfone groups is 1. The molecule has 2 aromatic rings. The fourth-order valence-electron chi connectivity index (χ4n) is 4.79. The molecule has 5 rings (SSSR count). The third-order valence-corrected chi connectivity index (χ3v) is 10.8. The number of fused-ring (bicyclic) bond motifs is 1. The molecule has 186 valence electrons. The summed E-state index contributed by atoms with van der Waals surface area (Å²) in [5.74, 6) is -0.969. The van der Waals surface area contributed by atoms with Crippen LogP contribution in [0.25, 0.3) is 0 Å². The Morgan fingerprint density at radius 3 is 2.40 bits per heavy atom. The van der Waals surface area contributed by atoms with Crippen LogP contribution in [0.4, 0.5) is 0 Å². The molecule has 2 amide bonds. The highest BCUT2D eigenvalue weighted by Gasteiger charge is 2.67. The minimum atomic E-state index is -3.59. The quantitative estimate of drug-likeness (QED) is 0.535. The Morgan fingerprint density at radius 1 is 1.09 bits per heavy atom. The van der Waals surface area contributed by atoms with Crippen LogP contribution in [-0.4, -0.2) is 69.0 Å². The predicted octanol–water partition coefficient (Wildman–Crippen LogP) is 0.410. The Hall–Kier alpha value is -3.05. The molecule has 0 unspecified atom stereocenters. The lowest BCUT2D eigenvalue weighted by molar-refractivity contribution is 0.0694. The fourth-order valence-corrected chi connectivity index (χ4v) is 7.48. The van der Waals surface area contributed by atoms with E-state index < -0.39 is 43.3 Å². The first kappa shape index (κ1) is 23.7. The van der Waals surface area contributed by atoms with Crippen molar-refractivity contribution >= 4 is 21.7 Å². The van der Waals surface area contributed by atoms with Gasteiger partial charge in [-0.3, -0.25) is 19.4 Å². The van der Waals surface area contributed by atoms with Crippen molar-refractivity contribution in [1.29, 1.82) is 0 Å².